The molecule has 0 radical (unpaired) electrons. The average Bonchev–Trinajstić information content (AvgIpc) is 2.70. The summed E-state index contributed by atoms with van der Waals surface area (Å²) in [5, 5.41) is 10.3. The van der Waals surface area contributed by atoms with Gasteiger partial charge < -0.3 is 5.11 Å². The Morgan fingerprint density at radius 3 is 2.75 bits per heavy atom. The molecule has 0 amide bonds. The second kappa shape index (κ2) is 4.54. The van der Waals surface area contributed by atoms with Gasteiger partial charge in [-0.1, -0.05) is 25.8 Å². The van der Waals surface area contributed by atoms with Gasteiger partial charge in [0.15, 0.2) is 0 Å². The molecule has 2 heteroatoms. The first kappa shape index (κ1) is 11.6. The van der Waals surface area contributed by atoms with E-state index in [0.717, 1.165) is 18.5 Å². The van der Waals surface area contributed by atoms with E-state index in [9.17, 15) is 5.11 Å². The van der Waals surface area contributed by atoms with Crippen molar-refractivity contribution in [1.29, 1.82) is 0 Å². The minimum absolute atomic E-state index is 0.115. The Morgan fingerprint density at radius 1 is 1.44 bits per heavy atom. The summed E-state index contributed by atoms with van der Waals surface area (Å²) in [5.41, 5.74) is 2.34. The van der Waals surface area contributed by atoms with E-state index in [2.05, 4.69) is 24.9 Å². The number of aromatic nitrogens is 1. The number of rotatable bonds is 3. The largest absolute Gasteiger partial charge is 0.392 e. The van der Waals surface area contributed by atoms with Crippen molar-refractivity contribution in [1.82, 2.24) is 4.98 Å². The van der Waals surface area contributed by atoms with Crippen molar-refractivity contribution in [3.05, 3.63) is 29.6 Å². The Morgan fingerprint density at radius 2 is 2.12 bits per heavy atom. The zero-order chi connectivity index (χ0) is 11.6. The van der Waals surface area contributed by atoms with Crippen molar-refractivity contribution in [3.63, 3.8) is 0 Å². The van der Waals surface area contributed by atoms with Crippen LogP contribution in [-0.4, -0.2) is 16.2 Å². The van der Waals surface area contributed by atoms with Crippen molar-refractivity contribution in [3.8, 4) is 0 Å². The number of hydrogen-bond donors (Lipinski definition) is 1. The van der Waals surface area contributed by atoms with E-state index in [1.54, 1.807) is 0 Å². The van der Waals surface area contributed by atoms with Crippen LogP contribution in [-0.2, 0) is 6.42 Å². The minimum atomic E-state index is -0.247. The van der Waals surface area contributed by atoms with Gasteiger partial charge in [-0.25, -0.2) is 0 Å². The van der Waals surface area contributed by atoms with E-state index in [1.165, 1.54) is 18.4 Å². The summed E-state index contributed by atoms with van der Waals surface area (Å²) in [6.07, 6.45) is 7.09. The predicted molar refractivity (Wildman–Crippen MR) is 65.3 cm³/mol. The van der Waals surface area contributed by atoms with E-state index >= 15 is 0 Å². The van der Waals surface area contributed by atoms with Crippen molar-refractivity contribution < 1.29 is 5.11 Å². The molecule has 1 N–H and O–H groups in total. The van der Waals surface area contributed by atoms with Gasteiger partial charge in [-0.05, 0) is 36.8 Å². The highest BCUT2D eigenvalue weighted by atomic mass is 16.3. The molecule has 0 spiro atoms. The van der Waals surface area contributed by atoms with Gasteiger partial charge in [0.1, 0.15) is 0 Å². The molecule has 1 aliphatic rings. The lowest BCUT2D eigenvalue weighted by Gasteiger charge is -2.30. The number of aliphatic hydroxyl groups is 1. The number of nitrogens with zero attached hydrogens (tertiary/aromatic N) is 1. The van der Waals surface area contributed by atoms with Crippen LogP contribution in [0, 0.1) is 12.3 Å². The Labute approximate surface area is 97.7 Å². The van der Waals surface area contributed by atoms with Gasteiger partial charge in [-0.15, -0.1) is 0 Å². The highest BCUT2D eigenvalue weighted by Gasteiger charge is 2.36. The van der Waals surface area contributed by atoms with Gasteiger partial charge in [0.2, 0.25) is 0 Å². The third-order valence-corrected chi connectivity index (χ3v) is 4.05. The SMILES string of the molecule is Cc1cccnc1CC(O)C1(C)CCCC1. The van der Waals surface area contributed by atoms with Crippen LogP contribution in [0.2, 0.25) is 0 Å². The number of pyridine rings is 1. The summed E-state index contributed by atoms with van der Waals surface area (Å²) < 4.78 is 0. The first-order valence-electron chi connectivity index (χ1n) is 6.20. The van der Waals surface area contributed by atoms with Crippen molar-refractivity contribution in [2.45, 2.75) is 52.1 Å². The fourth-order valence-electron chi connectivity index (χ4n) is 2.68. The summed E-state index contributed by atoms with van der Waals surface area (Å²) in [7, 11) is 0. The maximum absolute atomic E-state index is 10.3. The van der Waals surface area contributed by atoms with Gasteiger partial charge in [0.25, 0.3) is 0 Å². The fraction of sp³-hybridized carbons (Fsp3) is 0.643. The van der Waals surface area contributed by atoms with E-state index in [-0.39, 0.29) is 11.5 Å². The molecule has 1 saturated carbocycles. The van der Waals surface area contributed by atoms with Crippen LogP contribution in [0.4, 0.5) is 0 Å². The summed E-state index contributed by atoms with van der Waals surface area (Å²) >= 11 is 0. The van der Waals surface area contributed by atoms with Crippen LogP contribution in [0.1, 0.15) is 43.9 Å². The van der Waals surface area contributed by atoms with Crippen LogP contribution < -0.4 is 0 Å². The summed E-state index contributed by atoms with van der Waals surface area (Å²) in [6.45, 7) is 4.27. The number of aliphatic hydroxyl groups excluding tert-OH is 1. The van der Waals surface area contributed by atoms with Crippen LogP contribution >= 0.6 is 0 Å². The topological polar surface area (TPSA) is 33.1 Å². The highest BCUT2D eigenvalue weighted by Crippen LogP contribution is 2.41. The minimum Gasteiger partial charge on any atom is -0.392 e. The van der Waals surface area contributed by atoms with Crippen LogP contribution in [0.3, 0.4) is 0 Å². The van der Waals surface area contributed by atoms with E-state index in [4.69, 9.17) is 0 Å². The molecule has 0 aromatic carbocycles. The molecule has 0 saturated heterocycles. The fourth-order valence-corrected chi connectivity index (χ4v) is 2.68. The molecule has 1 fully saturated rings. The van der Waals surface area contributed by atoms with Gasteiger partial charge in [0.05, 0.1) is 6.10 Å². The molecule has 2 nitrogen and oxygen atoms in total. The normalized spacial score (nSPS) is 20.9. The Balaban J connectivity index is 2.07. The van der Waals surface area contributed by atoms with Crippen LogP contribution in [0.25, 0.3) is 0 Å². The molecule has 0 bridgehead atoms. The quantitative estimate of drug-likeness (QED) is 0.848. The standard InChI is InChI=1S/C14H21NO/c1-11-6-5-9-15-12(11)10-13(16)14(2)7-3-4-8-14/h5-6,9,13,16H,3-4,7-8,10H2,1-2H3. The summed E-state index contributed by atoms with van der Waals surface area (Å²) in [6, 6.07) is 4.01. The molecular formula is C14H21NO. The number of aryl methyl sites for hydroxylation is 1. The van der Waals surface area contributed by atoms with Crippen molar-refractivity contribution in [2.75, 3.05) is 0 Å². The molecule has 2 rings (SSSR count). The zero-order valence-electron chi connectivity index (χ0n) is 10.2. The summed E-state index contributed by atoms with van der Waals surface area (Å²) in [4.78, 5) is 4.36. The zero-order valence-corrected chi connectivity index (χ0v) is 10.2. The number of hydrogen-bond acceptors (Lipinski definition) is 2. The Bertz CT molecular complexity index is 356. The maximum Gasteiger partial charge on any atom is 0.0649 e. The van der Waals surface area contributed by atoms with Crippen molar-refractivity contribution in [2.24, 2.45) is 5.41 Å². The maximum atomic E-state index is 10.3. The van der Waals surface area contributed by atoms with E-state index in [1.807, 2.05) is 12.3 Å². The molecule has 1 heterocycles. The molecule has 1 aliphatic carbocycles. The lowest BCUT2D eigenvalue weighted by molar-refractivity contribution is 0.0415. The Hall–Kier alpha value is -0.890. The molecule has 1 aromatic heterocycles. The van der Waals surface area contributed by atoms with Gasteiger partial charge in [0, 0.05) is 18.3 Å². The molecule has 1 aromatic rings. The average molecular weight is 219 g/mol. The first-order chi connectivity index (χ1) is 7.62. The van der Waals surface area contributed by atoms with Gasteiger partial charge >= 0.3 is 0 Å². The lowest BCUT2D eigenvalue weighted by atomic mass is 9.80. The Kier molecular flexibility index (Phi) is 3.29. The first-order valence-corrected chi connectivity index (χ1v) is 6.20. The van der Waals surface area contributed by atoms with Crippen LogP contribution in [0.5, 0.6) is 0 Å². The third kappa shape index (κ3) is 2.27. The molecule has 16 heavy (non-hydrogen) atoms. The molecular weight excluding hydrogens is 198 g/mol. The molecule has 0 aliphatic heterocycles. The van der Waals surface area contributed by atoms with Crippen LogP contribution in [0.15, 0.2) is 18.3 Å². The second-order valence-electron chi connectivity index (χ2n) is 5.35. The molecule has 1 unspecified atom stereocenters. The third-order valence-electron chi connectivity index (χ3n) is 4.05. The van der Waals surface area contributed by atoms with Gasteiger partial charge in [-0.2, -0.15) is 0 Å². The lowest BCUT2D eigenvalue weighted by Crippen LogP contribution is -2.31. The predicted octanol–water partition coefficient (Wildman–Crippen LogP) is 2.87. The van der Waals surface area contributed by atoms with E-state index < -0.39 is 0 Å². The van der Waals surface area contributed by atoms with Gasteiger partial charge in [-0.3, -0.25) is 4.98 Å². The molecule has 88 valence electrons. The molecule has 1 atom stereocenters. The monoisotopic (exact) mass is 219 g/mol. The van der Waals surface area contributed by atoms with Crippen molar-refractivity contribution >= 4 is 0 Å². The van der Waals surface area contributed by atoms with E-state index in [0.29, 0.717) is 6.42 Å². The smallest absolute Gasteiger partial charge is 0.0649 e. The second-order valence-corrected chi connectivity index (χ2v) is 5.35. The summed E-state index contributed by atoms with van der Waals surface area (Å²) in [5.74, 6) is 0. The highest BCUT2D eigenvalue weighted by molar-refractivity contribution is 5.18.